The Kier molecular flexibility index (Phi) is 5.67. The normalized spacial score (nSPS) is 21.8. The van der Waals surface area contributed by atoms with E-state index >= 15 is 0 Å². The number of hydrogen-bond donors (Lipinski definition) is 2. The molecule has 0 bridgehead atoms. The highest BCUT2D eigenvalue weighted by Crippen LogP contribution is 2.26. The van der Waals surface area contributed by atoms with Crippen molar-refractivity contribution in [3.05, 3.63) is 35.4 Å². The molecule has 0 saturated heterocycles. The largest absolute Gasteiger partial charge is 0.478 e. The lowest BCUT2D eigenvalue weighted by atomic mass is 9.94. The number of aromatic carboxylic acids is 1. The van der Waals surface area contributed by atoms with E-state index in [-0.39, 0.29) is 23.9 Å². The van der Waals surface area contributed by atoms with Crippen molar-refractivity contribution in [1.82, 2.24) is 5.32 Å². The molecule has 2 rings (SSSR count). The summed E-state index contributed by atoms with van der Waals surface area (Å²) in [6, 6.07) is 6.90. The van der Waals surface area contributed by atoms with Gasteiger partial charge in [-0.2, -0.15) is 11.8 Å². The van der Waals surface area contributed by atoms with Crippen LogP contribution in [-0.2, 0) is 11.2 Å². The van der Waals surface area contributed by atoms with Gasteiger partial charge < -0.3 is 10.4 Å². The molecule has 2 atom stereocenters. The van der Waals surface area contributed by atoms with Gasteiger partial charge in [-0.1, -0.05) is 24.6 Å². The molecule has 2 unspecified atom stereocenters. The van der Waals surface area contributed by atoms with E-state index < -0.39 is 5.97 Å². The van der Waals surface area contributed by atoms with Crippen molar-refractivity contribution in [3.8, 4) is 0 Å². The number of hydrogen-bond acceptors (Lipinski definition) is 3. The summed E-state index contributed by atoms with van der Waals surface area (Å²) < 4.78 is 0. The van der Waals surface area contributed by atoms with E-state index in [4.69, 9.17) is 5.11 Å². The molecule has 0 spiro atoms. The number of carbonyl (C=O) groups excluding carboxylic acids is 1. The molecule has 0 aromatic heterocycles. The van der Waals surface area contributed by atoms with Gasteiger partial charge in [0.2, 0.25) is 5.91 Å². The zero-order chi connectivity index (χ0) is 15.2. The third-order valence-electron chi connectivity index (χ3n) is 3.92. The number of nitrogens with one attached hydrogen (secondary N) is 1. The van der Waals surface area contributed by atoms with Gasteiger partial charge in [0, 0.05) is 11.3 Å². The Morgan fingerprint density at radius 1 is 1.33 bits per heavy atom. The van der Waals surface area contributed by atoms with Gasteiger partial charge in [0.25, 0.3) is 0 Å². The second-order valence-electron chi connectivity index (χ2n) is 5.43. The lowest BCUT2D eigenvalue weighted by molar-refractivity contribution is -0.121. The molecule has 4 nitrogen and oxygen atoms in total. The average Bonchev–Trinajstić information content (AvgIpc) is 2.47. The highest BCUT2D eigenvalue weighted by molar-refractivity contribution is 7.99. The summed E-state index contributed by atoms with van der Waals surface area (Å²) in [6.45, 7) is 0. The summed E-state index contributed by atoms with van der Waals surface area (Å²) >= 11 is 1.86. The Balaban J connectivity index is 1.94. The van der Waals surface area contributed by atoms with Gasteiger partial charge in [-0.3, -0.25) is 4.79 Å². The zero-order valence-corrected chi connectivity index (χ0v) is 13.0. The average molecular weight is 307 g/mol. The third kappa shape index (κ3) is 4.49. The molecule has 1 aromatic rings. The molecular weight excluding hydrogens is 286 g/mol. The smallest absolute Gasteiger partial charge is 0.335 e. The van der Waals surface area contributed by atoms with E-state index in [0.717, 1.165) is 19.3 Å². The van der Waals surface area contributed by atoms with Crippen molar-refractivity contribution in [2.75, 3.05) is 6.26 Å². The topological polar surface area (TPSA) is 66.4 Å². The fourth-order valence-electron chi connectivity index (χ4n) is 2.82. The number of carboxylic acids is 1. The molecule has 2 N–H and O–H groups in total. The van der Waals surface area contributed by atoms with Crippen molar-refractivity contribution < 1.29 is 14.7 Å². The maximum atomic E-state index is 12.1. The van der Waals surface area contributed by atoms with Crippen LogP contribution in [0.1, 0.15) is 41.6 Å². The monoisotopic (exact) mass is 307 g/mol. The standard InChI is InChI=1S/C16H21NO3S/c1-21-13-7-4-6-12(10-13)17-15(18)9-11-5-2-3-8-14(11)16(19)20/h2-3,5,8,12-13H,4,6-7,9-10H2,1H3,(H,17,18)(H,19,20). The lowest BCUT2D eigenvalue weighted by Crippen LogP contribution is -2.40. The van der Waals surface area contributed by atoms with Crippen LogP contribution < -0.4 is 5.32 Å². The van der Waals surface area contributed by atoms with E-state index in [1.807, 2.05) is 11.8 Å². The van der Waals surface area contributed by atoms with Gasteiger partial charge in [-0.05, 0) is 37.1 Å². The summed E-state index contributed by atoms with van der Waals surface area (Å²) in [7, 11) is 0. The van der Waals surface area contributed by atoms with Crippen LogP contribution in [0, 0.1) is 0 Å². The highest BCUT2D eigenvalue weighted by atomic mass is 32.2. The first-order valence-electron chi connectivity index (χ1n) is 7.23. The van der Waals surface area contributed by atoms with Gasteiger partial charge in [0.1, 0.15) is 0 Å². The first-order valence-corrected chi connectivity index (χ1v) is 8.52. The van der Waals surface area contributed by atoms with Crippen molar-refractivity contribution in [1.29, 1.82) is 0 Å². The van der Waals surface area contributed by atoms with Gasteiger partial charge in [0.15, 0.2) is 0 Å². The fourth-order valence-corrected chi connectivity index (χ4v) is 3.65. The molecule has 5 heteroatoms. The molecule has 21 heavy (non-hydrogen) atoms. The quantitative estimate of drug-likeness (QED) is 0.878. The predicted molar refractivity (Wildman–Crippen MR) is 84.8 cm³/mol. The van der Waals surface area contributed by atoms with E-state index in [2.05, 4.69) is 11.6 Å². The van der Waals surface area contributed by atoms with Crippen molar-refractivity contribution in [2.45, 2.75) is 43.4 Å². The molecule has 0 radical (unpaired) electrons. The van der Waals surface area contributed by atoms with E-state index in [1.165, 1.54) is 12.5 Å². The summed E-state index contributed by atoms with van der Waals surface area (Å²) in [5.41, 5.74) is 0.776. The van der Waals surface area contributed by atoms with Crippen LogP contribution in [0.4, 0.5) is 0 Å². The Hall–Kier alpha value is -1.49. The molecule has 1 fully saturated rings. The maximum Gasteiger partial charge on any atom is 0.335 e. The number of rotatable bonds is 5. The molecular formula is C16H21NO3S. The first-order chi connectivity index (χ1) is 10.1. The molecule has 1 amide bonds. The minimum atomic E-state index is -0.987. The lowest BCUT2D eigenvalue weighted by Gasteiger charge is -2.28. The second-order valence-corrected chi connectivity index (χ2v) is 6.57. The molecule has 1 aromatic carbocycles. The number of amides is 1. The Morgan fingerprint density at radius 2 is 2.10 bits per heavy atom. The van der Waals surface area contributed by atoms with Gasteiger partial charge in [-0.25, -0.2) is 4.79 Å². The predicted octanol–water partition coefficient (Wildman–Crippen LogP) is 2.72. The van der Waals surface area contributed by atoms with Crippen LogP contribution in [0.25, 0.3) is 0 Å². The molecule has 114 valence electrons. The highest BCUT2D eigenvalue weighted by Gasteiger charge is 2.23. The van der Waals surface area contributed by atoms with Gasteiger partial charge in [-0.15, -0.1) is 0 Å². The summed E-state index contributed by atoms with van der Waals surface area (Å²) in [5, 5.41) is 12.8. The van der Waals surface area contributed by atoms with E-state index in [9.17, 15) is 9.59 Å². The van der Waals surface area contributed by atoms with E-state index in [1.54, 1.807) is 18.2 Å². The number of carboxylic acid groups (broad SMARTS) is 1. The minimum Gasteiger partial charge on any atom is -0.478 e. The van der Waals surface area contributed by atoms with Crippen LogP contribution in [0.3, 0.4) is 0 Å². The van der Waals surface area contributed by atoms with Crippen LogP contribution in [0.5, 0.6) is 0 Å². The van der Waals surface area contributed by atoms with Gasteiger partial charge in [0.05, 0.1) is 12.0 Å². The van der Waals surface area contributed by atoms with Crippen molar-refractivity contribution in [2.24, 2.45) is 0 Å². The number of carbonyl (C=O) groups is 2. The Labute approximate surface area is 129 Å². The first kappa shape index (κ1) is 15.9. The fraction of sp³-hybridized carbons (Fsp3) is 0.500. The Bertz CT molecular complexity index is 518. The minimum absolute atomic E-state index is 0.0875. The molecule has 0 aliphatic heterocycles. The summed E-state index contributed by atoms with van der Waals surface area (Å²) in [4.78, 5) is 23.3. The summed E-state index contributed by atoms with van der Waals surface area (Å²) in [6.07, 6.45) is 6.62. The van der Waals surface area contributed by atoms with Crippen LogP contribution in [0.15, 0.2) is 24.3 Å². The van der Waals surface area contributed by atoms with Gasteiger partial charge >= 0.3 is 5.97 Å². The van der Waals surface area contributed by atoms with Crippen molar-refractivity contribution >= 4 is 23.6 Å². The molecule has 1 saturated carbocycles. The Morgan fingerprint density at radius 3 is 2.81 bits per heavy atom. The molecule has 1 aliphatic carbocycles. The maximum absolute atomic E-state index is 12.1. The van der Waals surface area contributed by atoms with Crippen LogP contribution in [-0.4, -0.2) is 34.5 Å². The third-order valence-corrected chi connectivity index (χ3v) is 5.02. The zero-order valence-electron chi connectivity index (χ0n) is 12.2. The van der Waals surface area contributed by atoms with Crippen LogP contribution >= 0.6 is 11.8 Å². The SMILES string of the molecule is CSC1CCCC(NC(=O)Cc2ccccc2C(=O)O)C1. The number of thioether (sulfide) groups is 1. The van der Waals surface area contributed by atoms with E-state index in [0.29, 0.717) is 10.8 Å². The molecule has 0 heterocycles. The van der Waals surface area contributed by atoms with Crippen LogP contribution in [0.2, 0.25) is 0 Å². The molecule has 1 aliphatic rings. The second kappa shape index (κ2) is 7.50. The van der Waals surface area contributed by atoms with Crippen molar-refractivity contribution in [3.63, 3.8) is 0 Å². The summed E-state index contributed by atoms with van der Waals surface area (Å²) in [5.74, 6) is -1.08. The number of benzene rings is 1.